The Morgan fingerprint density at radius 2 is 1.51 bits per heavy atom. The number of benzene rings is 2. The van der Waals surface area contributed by atoms with Crippen molar-refractivity contribution in [2.24, 2.45) is 5.41 Å². The third kappa shape index (κ3) is 20.0. The zero-order chi connectivity index (χ0) is 59.0. The Morgan fingerprint density at radius 1 is 0.793 bits per heavy atom. The highest BCUT2D eigenvalue weighted by atomic mass is 33.1. The molecule has 442 valence electrons. The average molecular weight is 1180 g/mol. The van der Waals surface area contributed by atoms with Crippen LogP contribution >= 0.6 is 21.6 Å². The second kappa shape index (κ2) is 32.0. The molecule has 0 bridgehead atoms. The van der Waals surface area contributed by atoms with E-state index in [1.807, 2.05) is 24.3 Å². The first-order chi connectivity index (χ1) is 39.4. The molecule has 0 radical (unpaired) electrons. The summed E-state index contributed by atoms with van der Waals surface area (Å²) in [6.45, 7) is 8.61. The number of carbonyl (C=O) groups is 6. The number of hydrogen-bond donors (Lipinski definition) is 10. The number of imidazole rings is 1. The van der Waals surface area contributed by atoms with Crippen molar-refractivity contribution in [1.29, 1.82) is 0 Å². The molecular formula is C53H70N14O13S2. The number of anilines is 3. The van der Waals surface area contributed by atoms with Crippen LogP contribution in [0.5, 0.6) is 0 Å². The molecule has 4 aromatic heterocycles. The number of aromatic nitrogens is 7. The van der Waals surface area contributed by atoms with Crippen molar-refractivity contribution in [1.82, 2.24) is 55.7 Å². The van der Waals surface area contributed by atoms with Crippen LogP contribution in [-0.4, -0.2) is 163 Å². The summed E-state index contributed by atoms with van der Waals surface area (Å²) >= 11 is 0. The van der Waals surface area contributed by atoms with Gasteiger partial charge in [-0.1, -0.05) is 67.0 Å². The van der Waals surface area contributed by atoms with Crippen LogP contribution in [0.3, 0.4) is 0 Å². The zero-order valence-corrected chi connectivity index (χ0v) is 47.5. The number of nitrogens with one attached hydrogen (secondary N) is 6. The SMILES string of the molecule is CCCCc1nc2c(N)nc3ccccc3c2n1CC(C)(C)CNC(=O)OCCSSC[C@H](NC(=O)CCOCCOCCOCCNC(=O)CC[C@H](NC(=O)c1ccc(NCc2cnc3nc(N)[nH]c(=O)c3n2)cc1)C(=O)O)C(=O)O. The average Bonchev–Trinajstić information content (AvgIpc) is 3.81. The lowest BCUT2D eigenvalue weighted by atomic mass is 9.93. The molecule has 0 fully saturated rings. The Labute approximate surface area is 479 Å². The smallest absolute Gasteiger partial charge is 0.407 e. The van der Waals surface area contributed by atoms with Crippen molar-refractivity contribution in [3.05, 3.63) is 82.2 Å². The highest BCUT2D eigenvalue weighted by molar-refractivity contribution is 8.76. The Kier molecular flexibility index (Phi) is 24.7. The molecule has 0 saturated carbocycles. The summed E-state index contributed by atoms with van der Waals surface area (Å²) in [6, 6.07) is 11.6. The number of aryl methyl sites for hydroxylation is 1. The maximum atomic E-state index is 12.9. The van der Waals surface area contributed by atoms with Gasteiger partial charge in [0.05, 0.1) is 69.1 Å². The van der Waals surface area contributed by atoms with Crippen LogP contribution in [0, 0.1) is 5.41 Å². The van der Waals surface area contributed by atoms with E-state index in [-0.39, 0.29) is 107 Å². The van der Waals surface area contributed by atoms with Crippen LogP contribution < -0.4 is 43.6 Å². The third-order valence-electron chi connectivity index (χ3n) is 12.2. The molecule has 27 nitrogen and oxygen atoms in total. The molecule has 4 heterocycles. The Bertz CT molecular complexity index is 3200. The van der Waals surface area contributed by atoms with E-state index in [0.717, 1.165) is 41.5 Å². The van der Waals surface area contributed by atoms with Gasteiger partial charge < -0.3 is 71.8 Å². The molecule has 0 spiro atoms. The normalized spacial score (nSPS) is 12.2. The lowest BCUT2D eigenvalue weighted by Crippen LogP contribution is -2.42. The van der Waals surface area contributed by atoms with Gasteiger partial charge in [0.1, 0.15) is 30.0 Å². The topological polar surface area (TPSA) is 394 Å². The third-order valence-corrected chi connectivity index (χ3v) is 14.6. The van der Waals surface area contributed by atoms with Gasteiger partial charge in [-0.3, -0.25) is 24.2 Å². The summed E-state index contributed by atoms with van der Waals surface area (Å²) in [7, 11) is 2.55. The number of aliphatic carboxylic acids is 2. The number of fused-ring (bicyclic) bond motifs is 4. The Balaban J connectivity index is 0.745. The predicted molar refractivity (Wildman–Crippen MR) is 310 cm³/mol. The maximum Gasteiger partial charge on any atom is 0.407 e. The summed E-state index contributed by atoms with van der Waals surface area (Å²) in [5, 5.41) is 33.9. The molecular weight excluding hydrogens is 1100 g/mol. The highest BCUT2D eigenvalue weighted by Gasteiger charge is 2.26. The molecule has 6 aromatic rings. The molecule has 0 unspecified atom stereocenters. The van der Waals surface area contributed by atoms with E-state index < -0.39 is 58.8 Å². The molecule has 0 aliphatic carbocycles. The highest BCUT2D eigenvalue weighted by Crippen LogP contribution is 2.32. The van der Waals surface area contributed by atoms with Gasteiger partial charge in [0, 0.05) is 72.5 Å². The van der Waals surface area contributed by atoms with E-state index in [2.05, 4.69) is 76.8 Å². The molecule has 0 saturated heterocycles. The molecule has 2 atom stereocenters. The van der Waals surface area contributed by atoms with Crippen molar-refractivity contribution in [3.63, 3.8) is 0 Å². The molecule has 4 amide bonds. The summed E-state index contributed by atoms with van der Waals surface area (Å²) in [5.41, 5.74) is 14.8. The maximum absolute atomic E-state index is 12.9. The molecule has 29 heteroatoms. The van der Waals surface area contributed by atoms with Gasteiger partial charge >= 0.3 is 18.0 Å². The summed E-state index contributed by atoms with van der Waals surface area (Å²) < 4.78 is 24.0. The number of unbranched alkanes of at least 4 members (excludes halogenated alkanes) is 1. The van der Waals surface area contributed by atoms with Crippen LogP contribution in [0.25, 0.3) is 33.1 Å². The Hall–Kier alpha value is -7.86. The second-order valence-corrected chi connectivity index (χ2v) is 22.0. The molecule has 12 N–H and O–H groups in total. The van der Waals surface area contributed by atoms with E-state index in [9.17, 15) is 43.8 Å². The van der Waals surface area contributed by atoms with Crippen LogP contribution in [-0.2, 0) is 57.6 Å². The number of alkyl carbamates (subject to hydrolysis) is 1. The summed E-state index contributed by atoms with van der Waals surface area (Å²) in [4.78, 5) is 110. The fourth-order valence-corrected chi connectivity index (χ4v) is 10.0. The van der Waals surface area contributed by atoms with E-state index in [4.69, 9.17) is 35.4 Å². The molecule has 0 aliphatic heterocycles. The summed E-state index contributed by atoms with van der Waals surface area (Å²) in [5.74, 6) is -2.34. The van der Waals surface area contributed by atoms with E-state index in [0.29, 0.717) is 41.6 Å². The molecule has 82 heavy (non-hydrogen) atoms. The van der Waals surface area contributed by atoms with Crippen molar-refractivity contribution < 1.29 is 57.9 Å². The lowest BCUT2D eigenvalue weighted by Gasteiger charge is -2.27. The minimum Gasteiger partial charge on any atom is -0.480 e. The van der Waals surface area contributed by atoms with Gasteiger partial charge in [0.2, 0.25) is 17.8 Å². The lowest BCUT2D eigenvalue weighted by molar-refractivity contribution is -0.141. The van der Waals surface area contributed by atoms with Crippen molar-refractivity contribution in [2.75, 3.05) is 87.6 Å². The minimum atomic E-state index is -1.32. The van der Waals surface area contributed by atoms with Gasteiger partial charge in [-0.25, -0.2) is 34.3 Å². The number of ether oxygens (including phenoxy) is 4. The van der Waals surface area contributed by atoms with Crippen LogP contribution in [0.2, 0.25) is 0 Å². The number of nitrogen functional groups attached to an aromatic ring is 2. The van der Waals surface area contributed by atoms with Crippen LogP contribution in [0.4, 0.5) is 22.2 Å². The number of amides is 4. The van der Waals surface area contributed by atoms with E-state index >= 15 is 0 Å². The van der Waals surface area contributed by atoms with Gasteiger partial charge in [-0.05, 0) is 43.2 Å². The minimum absolute atomic E-state index is 0.0367. The van der Waals surface area contributed by atoms with Gasteiger partial charge in [-0.15, -0.1) is 0 Å². The number of rotatable bonds is 36. The predicted octanol–water partition coefficient (Wildman–Crippen LogP) is 3.65. The number of aromatic amines is 1. The second-order valence-electron chi connectivity index (χ2n) is 19.4. The van der Waals surface area contributed by atoms with Crippen LogP contribution in [0.1, 0.15) is 74.8 Å². The van der Waals surface area contributed by atoms with Gasteiger partial charge in [0.25, 0.3) is 11.5 Å². The fraction of sp³-hybridized carbons (Fsp3) is 0.472. The number of nitrogens with two attached hydrogens (primary N) is 2. The quantitative estimate of drug-likeness (QED) is 0.0198. The van der Waals surface area contributed by atoms with Crippen molar-refractivity contribution >= 4 is 108 Å². The van der Waals surface area contributed by atoms with E-state index in [1.54, 1.807) is 12.1 Å². The van der Waals surface area contributed by atoms with Gasteiger partial charge in [-0.2, -0.15) is 4.98 Å². The number of pyridine rings is 1. The van der Waals surface area contributed by atoms with E-state index in [1.165, 1.54) is 39.9 Å². The molecule has 6 rings (SSSR count). The first kappa shape index (κ1) is 63.3. The fourth-order valence-electron chi connectivity index (χ4n) is 8.05. The number of carbonyl (C=O) groups excluding carboxylic acids is 4. The molecule has 0 aliphatic rings. The number of carboxylic acid groups (broad SMARTS) is 2. The Morgan fingerprint density at radius 3 is 2.24 bits per heavy atom. The number of H-pyrrole nitrogens is 1. The number of carboxylic acids is 2. The largest absolute Gasteiger partial charge is 0.480 e. The monoisotopic (exact) mass is 1170 g/mol. The first-order valence-electron chi connectivity index (χ1n) is 26.5. The van der Waals surface area contributed by atoms with Crippen LogP contribution in [0.15, 0.2) is 59.5 Å². The summed E-state index contributed by atoms with van der Waals surface area (Å²) in [6.07, 6.45) is 3.24. The van der Waals surface area contributed by atoms with Crippen molar-refractivity contribution in [2.45, 2.75) is 84.5 Å². The van der Waals surface area contributed by atoms with Gasteiger partial charge in [0.15, 0.2) is 17.0 Å². The first-order valence-corrected chi connectivity index (χ1v) is 29.0. The number of hydrogen-bond acceptors (Lipinski definition) is 21. The standard InChI is InChI=1S/C53H70N14O13S2/c1-4-5-10-39-64-42-44(35-8-6-7-9-36(35)62-45(42)54)67(39)31-53(2,3)30-59-52(76)80-25-26-81-82-29-38(50(74)75)61-41(69)17-19-77-21-23-79-24-22-78-20-18-56-40(68)16-15-37(49(72)73)63-47(70)32-11-13-33(14-12-32)57-27-34-28-58-46-43(60-34)48(71)66-51(55)65-46/h6-9,11-14,28,37-38,57H,4-5,10,15-27,29-31H2,1-3H3,(H2,54,62)(H,56,68)(H,59,76)(H,61,69)(H,63,70)(H,72,73)(H,74,75)(H3,55,58,65,66,71)/t37-,38-/m0/s1. The number of nitrogens with zero attached hydrogens (tertiary/aromatic N) is 6. The molecule has 2 aromatic carbocycles. The number of para-hydroxylation sites is 1. The van der Waals surface area contributed by atoms with Crippen molar-refractivity contribution in [3.8, 4) is 0 Å². The zero-order valence-electron chi connectivity index (χ0n) is 45.8.